The summed E-state index contributed by atoms with van der Waals surface area (Å²) in [6.45, 7) is 2.22. The smallest absolute Gasteiger partial charge is 0.183 e. The average Bonchev–Trinajstić information content (AvgIpc) is 3.10. The minimum absolute atomic E-state index is 0.169. The summed E-state index contributed by atoms with van der Waals surface area (Å²) in [6, 6.07) is 9.87. The zero-order valence-electron chi connectivity index (χ0n) is 10.9. The zero-order valence-corrected chi connectivity index (χ0v) is 10.9. The topological polar surface area (TPSA) is 20.3 Å². The summed E-state index contributed by atoms with van der Waals surface area (Å²) in [5, 5.41) is 0. The first-order chi connectivity index (χ1) is 8.83. The number of carbonyl (C=O) groups excluding carboxylic acids is 1. The Kier molecular flexibility index (Phi) is 3.21. The highest BCUT2D eigenvalue weighted by atomic mass is 16.1. The summed E-state index contributed by atoms with van der Waals surface area (Å²) >= 11 is 0. The van der Waals surface area contributed by atoms with E-state index in [0.717, 1.165) is 31.5 Å². The molecule has 1 heterocycles. The molecule has 0 aromatic heterocycles. The summed E-state index contributed by atoms with van der Waals surface area (Å²) in [6.07, 6.45) is 7.03. The number of hydrogen-bond acceptors (Lipinski definition) is 2. The van der Waals surface area contributed by atoms with Crippen molar-refractivity contribution >= 4 is 5.78 Å². The van der Waals surface area contributed by atoms with Crippen molar-refractivity contribution in [2.45, 2.75) is 44.1 Å². The Morgan fingerprint density at radius 1 is 0.944 bits per heavy atom. The number of rotatable bonds is 3. The van der Waals surface area contributed by atoms with Crippen LogP contribution in [0.3, 0.4) is 0 Å². The quantitative estimate of drug-likeness (QED) is 0.759. The first-order valence-corrected chi connectivity index (χ1v) is 7.18. The minimum Gasteiger partial charge on any atom is -0.292 e. The van der Waals surface area contributed by atoms with Crippen LogP contribution in [0.15, 0.2) is 30.3 Å². The van der Waals surface area contributed by atoms with Gasteiger partial charge in [-0.1, -0.05) is 43.2 Å². The second kappa shape index (κ2) is 4.85. The van der Waals surface area contributed by atoms with Crippen LogP contribution in [0.25, 0.3) is 0 Å². The SMILES string of the molecule is O=C(c1ccccc1)C1(N2CCCC2)CCCC1. The number of carbonyl (C=O) groups is 1. The lowest BCUT2D eigenvalue weighted by molar-refractivity contribution is 0.0626. The Hall–Kier alpha value is -1.15. The van der Waals surface area contributed by atoms with Crippen molar-refractivity contribution in [1.82, 2.24) is 4.90 Å². The predicted molar refractivity (Wildman–Crippen MR) is 72.8 cm³/mol. The van der Waals surface area contributed by atoms with Crippen molar-refractivity contribution in [2.24, 2.45) is 0 Å². The molecule has 96 valence electrons. The van der Waals surface area contributed by atoms with Crippen molar-refractivity contribution in [2.75, 3.05) is 13.1 Å². The van der Waals surface area contributed by atoms with Crippen LogP contribution in [0, 0.1) is 0 Å². The van der Waals surface area contributed by atoms with Crippen LogP contribution in [0.2, 0.25) is 0 Å². The fourth-order valence-electron chi connectivity index (χ4n) is 3.65. The van der Waals surface area contributed by atoms with Gasteiger partial charge in [0.1, 0.15) is 0 Å². The molecule has 2 nitrogen and oxygen atoms in total. The van der Waals surface area contributed by atoms with Gasteiger partial charge in [0, 0.05) is 5.56 Å². The van der Waals surface area contributed by atoms with Gasteiger partial charge in [0.05, 0.1) is 5.54 Å². The summed E-state index contributed by atoms with van der Waals surface area (Å²) in [4.78, 5) is 15.4. The molecule has 1 saturated heterocycles. The first kappa shape index (κ1) is 11.9. The number of benzene rings is 1. The van der Waals surface area contributed by atoms with E-state index in [1.54, 1.807) is 0 Å². The lowest BCUT2D eigenvalue weighted by Gasteiger charge is -2.37. The standard InChI is InChI=1S/C16H21NO/c18-15(14-8-2-1-3-9-14)16(10-4-5-11-16)17-12-6-7-13-17/h1-3,8-9H,4-7,10-13H2. The lowest BCUT2D eigenvalue weighted by atomic mass is 9.86. The monoisotopic (exact) mass is 243 g/mol. The fraction of sp³-hybridized carbons (Fsp3) is 0.562. The third-order valence-electron chi connectivity index (χ3n) is 4.60. The van der Waals surface area contributed by atoms with Gasteiger partial charge < -0.3 is 0 Å². The Bertz CT molecular complexity index is 414. The Balaban J connectivity index is 1.92. The third-order valence-corrected chi connectivity index (χ3v) is 4.60. The highest BCUT2D eigenvalue weighted by Gasteiger charge is 2.46. The van der Waals surface area contributed by atoms with E-state index < -0.39 is 0 Å². The van der Waals surface area contributed by atoms with Crippen LogP contribution >= 0.6 is 0 Å². The Morgan fingerprint density at radius 2 is 1.56 bits per heavy atom. The van der Waals surface area contributed by atoms with Gasteiger partial charge in [-0.15, -0.1) is 0 Å². The van der Waals surface area contributed by atoms with Gasteiger partial charge in [-0.3, -0.25) is 9.69 Å². The summed E-state index contributed by atoms with van der Waals surface area (Å²) in [5.74, 6) is 0.363. The summed E-state index contributed by atoms with van der Waals surface area (Å²) in [5.41, 5.74) is 0.726. The maximum absolute atomic E-state index is 12.9. The number of nitrogens with zero attached hydrogens (tertiary/aromatic N) is 1. The molecule has 3 rings (SSSR count). The van der Waals surface area contributed by atoms with Crippen molar-refractivity contribution in [1.29, 1.82) is 0 Å². The van der Waals surface area contributed by atoms with Crippen molar-refractivity contribution < 1.29 is 4.79 Å². The molecule has 18 heavy (non-hydrogen) atoms. The maximum Gasteiger partial charge on any atom is 0.183 e. The number of Topliss-reactive ketones (excluding diaryl/α,β-unsaturated/α-hetero) is 1. The molecular formula is C16H21NO. The molecule has 1 aromatic carbocycles. The largest absolute Gasteiger partial charge is 0.292 e. The van der Waals surface area contributed by atoms with Crippen LogP contribution in [-0.2, 0) is 0 Å². The number of ketones is 1. The molecule has 0 bridgehead atoms. The van der Waals surface area contributed by atoms with E-state index in [4.69, 9.17) is 0 Å². The van der Waals surface area contributed by atoms with E-state index in [1.807, 2.05) is 30.3 Å². The zero-order chi connectivity index (χ0) is 12.4. The van der Waals surface area contributed by atoms with Crippen LogP contribution in [-0.4, -0.2) is 29.3 Å². The summed E-state index contributed by atoms with van der Waals surface area (Å²) < 4.78 is 0. The van der Waals surface area contributed by atoms with Gasteiger partial charge in [0.15, 0.2) is 5.78 Å². The predicted octanol–water partition coefficient (Wildman–Crippen LogP) is 3.28. The fourth-order valence-corrected chi connectivity index (χ4v) is 3.65. The number of hydrogen-bond donors (Lipinski definition) is 0. The second-order valence-electron chi connectivity index (χ2n) is 5.63. The molecule has 0 unspecified atom stereocenters. The normalized spacial score (nSPS) is 23.3. The molecule has 0 amide bonds. The molecule has 1 aliphatic carbocycles. The highest BCUT2D eigenvalue weighted by Crippen LogP contribution is 2.39. The van der Waals surface area contributed by atoms with Gasteiger partial charge in [-0.2, -0.15) is 0 Å². The van der Waals surface area contributed by atoms with Crippen molar-refractivity contribution in [3.8, 4) is 0 Å². The van der Waals surface area contributed by atoms with Crippen LogP contribution in [0.5, 0.6) is 0 Å². The van der Waals surface area contributed by atoms with E-state index in [9.17, 15) is 4.79 Å². The lowest BCUT2D eigenvalue weighted by Crippen LogP contribution is -2.51. The summed E-state index contributed by atoms with van der Waals surface area (Å²) in [7, 11) is 0. The van der Waals surface area contributed by atoms with Crippen LogP contribution in [0.1, 0.15) is 48.9 Å². The van der Waals surface area contributed by atoms with Crippen LogP contribution in [0.4, 0.5) is 0 Å². The molecule has 0 spiro atoms. The molecule has 1 saturated carbocycles. The second-order valence-corrected chi connectivity index (χ2v) is 5.63. The van der Waals surface area contributed by atoms with E-state index >= 15 is 0 Å². The average molecular weight is 243 g/mol. The van der Waals surface area contributed by atoms with Gasteiger partial charge in [0.25, 0.3) is 0 Å². The maximum atomic E-state index is 12.9. The van der Waals surface area contributed by atoms with E-state index in [2.05, 4.69) is 4.90 Å². The van der Waals surface area contributed by atoms with E-state index in [0.29, 0.717) is 5.78 Å². The van der Waals surface area contributed by atoms with Gasteiger partial charge in [0.2, 0.25) is 0 Å². The van der Waals surface area contributed by atoms with Gasteiger partial charge in [-0.25, -0.2) is 0 Å². The molecule has 2 heteroatoms. The molecule has 2 fully saturated rings. The molecule has 1 aliphatic heterocycles. The van der Waals surface area contributed by atoms with E-state index in [-0.39, 0.29) is 5.54 Å². The molecule has 1 aromatic rings. The molecular weight excluding hydrogens is 222 g/mol. The highest BCUT2D eigenvalue weighted by molar-refractivity contribution is 6.03. The Labute approximate surface area is 109 Å². The molecule has 0 atom stereocenters. The van der Waals surface area contributed by atoms with Gasteiger partial charge >= 0.3 is 0 Å². The van der Waals surface area contributed by atoms with E-state index in [1.165, 1.54) is 25.7 Å². The third kappa shape index (κ3) is 1.89. The molecule has 0 N–H and O–H groups in total. The molecule has 2 aliphatic rings. The van der Waals surface area contributed by atoms with Gasteiger partial charge in [-0.05, 0) is 38.8 Å². The number of likely N-dealkylation sites (tertiary alicyclic amines) is 1. The van der Waals surface area contributed by atoms with Crippen molar-refractivity contribution in [3.63, 3.8) is 0 Å². The first-order valence-electron chi connectivity index (χ1n) is 7.18. The minimum atomic E-state index is -0.169. The molecule has 0 radical (unpaired) electrons. The van der Waals surface area contributed by atoms with Crippen LogP contribution < -0.4 is 0 Å². The van der Waals surface area contributed by atoms with Crippen molar-refractivity contribution in [3.05, 3.63) is 35.9 Å². The Morgan fingerprint density at radius 3 is 2.17 bits per heavy atom.